The highest BCUT2D eigenvalue weighted by atomic mass is 16.5. The van der Waals surface area contributed by atoms with Gasteiger partial charge in [-0.15, -0.1) is 0 Å². The molecule has 0 unspecified atom stereocenters. The third kappa shape index (κ3) is 8.16. The zero-order valence-electron chi connectivity index (χ0n) is 34.2. The number of imidazole rings is 1. The van der Waals surface area contributed by atoms with Crippen LogP contribution < -0.4 is 15.4 Å². The Hall–Kier alpha value is -5.73. The number of H-pyrrole nitrogens is 1. The van der Waals surface area contributed by atoms with E-state index in [0.29, 0.717) is 37.6 Å². The largest absolute Gasteiger partial charge is 0.453 e. The average Bonchev–Trinajstić information content (AvgIpc) is 4.09. The van der Waals surface area contributed by atoms with E-state index in [4.69, 9.17) is 29.2 Å². The minimum atomic E-state index is -0.691. The maximum atomic E-state index is 13.8. The minimum absolute atomic E-state index is 0.0497. The molecule has 0 radical (unpaired) electrons. The van der Waals surface area contributed by atoms with Crippen molar-refractivity contribution in [2.24, 2.45) is 16.8 Å². The smallest absolute Gasteiger partial charge is 0.407 e. The summed E-state index contributed by atoms with van der Waals surface area (Å²) in [6, 6.07) is 6.55. The number of benzene rings is 1. The van der Waals surface area contributed by atoms with Gasteiger partial charge in [0.2, 0.25) is 17.7 Å². The van der Waals surface area contributed by atoms with E-state index < -0.39 is 24.3 Å². The monoisotopic (exact) mass is 794 g/mol. The SMILES string of the molecule is CC[C@H](C)[C@H](NC(=O)OC)C(=O)N1CCC[C@H]1C1=NC=C(c2ccc3c(c2)Oc2ncc(-c4cnc([C@@H]5CCCN5C(=O)[C@@H](NC(=O)OC)[C@@H](C)CC)[nH]4)cc2C3)C1. The Morgan fingerprint density at radius 3 is 2.10 bits per heavy atom. The average molecular weight is 795 g/mol. The quantitative estimate of drug-likeness (QED) is 0.143. The molecule has 0 aliphatic carbocycles. The van der Waals surface area contributed by atoms with Crippen LogP contribution in [0.4, 0.5) is 9.59 Å². The number of likely N-dealkylation sites (tertiary alicyclic amines) is 2. The topological polar surface area (TPSA) is 180 Å². The Bertz CT molecular complexity index is 2110. The third-order valence-corrected chi connectivity index (χ3v) is 12.3. The van der Waals surface area contributed by atoms with Crippen LogP contribution in [-0.4, -0.2) is 99.9 Å². The number of methoxy groups -OCH3 is 2. The summed E-state index contributed by atoms with van der Waals surface area (Å²) in [4.78, 5) is 73.1. The summed E-state index contributed by atoms with van der Waals surface area (Å²) >= 11 is 0. The number of aliphatic imine (C=N–C) groups is 1. The summed E-state index contributed by atoms with van der Waals surface area (Å²) in [5, 5.41) is 5.51. The minimum Gasteiger partial charge on any atom is -0.453 e. The van der Waals surface area contributed by atoms with Gasteiger partial charge in [0.1, 0.15) is 23.7 Å². The summed E-state index contributed by atoms with van der Waals surface area (Å²) < 4.78 is 16.0. The lowest BCUT2D eigenvalue weighted by Gasteiger charge is -2.31. The number of hydrogen-bond donors (Lipinski definition) is 3. The van der Waals surface area contributed by atoms with Crippen molar-refractivity contribution < 1.29 is 33.4 Å². The van der Waals surface area contributed by atoms with Crippen molar-refractivity contribution in [3.05, 3.63) is 65.4 Å². The van der Waals surface area contributed by atoms with Crippen LogP contribution in [0.5, 0.6) is 11.6 Å². The first-order valence-electron chi connectivity index (χ1n) is 20.4. The molecule has 0 bridgehead atoms. The van der Waals surface area contributed by atoms with Crippen LogP contribution >= 0.6 is 0 Å². The molecule has 1 aromatic carbocycles. The number of allylic oxidation sites excluding steroid dienone is 1. The number of carbonyl (C=O) groups excluding carboxylic acids is 4. The number of alkyl carbamates (subject to hydrolysis) is 2. The number of amides is 4. The number of ether oxygens (including phenoxy) is 3. The molecule has 2 aromatic heterocycles. The van der Waals surface area contributed by atoms with E-state index in [9.17, 15) is 19.2 Å². The first-order chi connectivity index (χ1) is 28.0. The van der Waals surface area contributed by atoms with Crippen molar-refractivity contribution in [3.63, 3.8) is 0 Å². The Kier molecular flexibility index (Phi) is 12.1. The Morgan fingerprint density at radius 2 is 1.47 bits per heavy atom. The molecule has 2 saturated heterocycles. The van der Waals surface area contributed by atoms with E-state index in [2.05, 4.69) is 33.8 Å². The summed E-state index contributed by atoms with van der Waals surface area (Å²) in [6.45, 7) is 9.11. The van der Waals surface area contributed by atoms with Crippen molar-refractivity contribution in [2.75, 3.05) is 27.3 Å². The van der Waals surface area contributed by atoms with Gasteiger partial charge in [0.15, 0.2) is 0 Å². The molecule has 58 heavy (non-hydrogen) atoms. The Morgan fingerprint density at radius 1 is 0.828 bits per heavy atom. The summed E-state index contributed by atoms with van der Waals surface area (Å²) in [6.07, 6.45) is 10.2. The van der Waals surface area contributed by atoms with Crippen LogP contribution in [0.2, 0.25) is 0 Å². The number of aromatic nitrogens is 3. The second-order valence-corrected chi connectivity index (χ2v) is 15.8. The van der Waals surface area contributed by atoms with Gasteiger partial charge in [-0.2, -0.15) is 0 Å². The highest BCUT2D eigenvalue weighted by molar-refractivity contribution is 6.04. The second-order valence-electron chi connectivity index (χ2n) is 15.8. The molecule has 6 heterocycles. The van der Waals surface area contributed by atoms with Crippen LogP contribution in [0.1, 0.15) is 101 Å². The zero-order chi connectivity index (χ0) is 41.1. The molecule has 4 aliphatic heterocycles. The number of fused-ring (bicyclic) bond motifs is 2. The van der Waals surface area contributed by atoms with Crippen LogP contribution in [0.25, 0.3) is 16.8 Å². The molecular formula is C43H54N8O7. The summed E-state index contributed by atoms with van der Waals surface area (Å²) in [5.41, 5.74) is 6.63. The van der Waals surface area contributed by atoms with Crippen molar-refractivity contribution in [3.8, 4) is 22.9 Å². The Balaban J connectivity index is 1.00. The van der Waals surface area contributed by atoms with Gasteiger partial charge in [-0.25, -0.2) is 19.6 Å². The molecule has 6 atom stereocenters. The van der Waals surface area contributed by atoms with Crippen molar-refractivity contribution >= 4 is 35.3 Å². The molecular weight excluding hydrogens is 741 g/mol. The van der Waals surface area contributed by atoms with Gasteiger partial charge in [0.05, 0.1) is 38.2 Å². The van der Waals surface area contributed by atoms with E-state index >= 15 is 0 Å². The van der Waals surface area contributed by atoms with Gasteiger partial charge in [-0.1, -0.05) is 52.7 Å². The fourth-order valence-corrected chi connectivity index (χ4v) is 8.44. The summed E-state index contributed by atoms with van der Waals surface area (Å²) in [7, 11) is 2.60. The fraction of sp³-hybridized carbons (Fsp3) is 0.512. The van der Waals surface area contributed by atoms with Crippen molar-refractivity contribution in [1.29, 1.82) is 0 Å². The zero-order valence-corrected chi connectivity index (χ0v) is 34.2. The standard InChI is InChI=1S/C43H54N8O7/c1-7-24(3)36(48-42(54)56-5)40(52)50-15-9-11-33(50)31-19-29(21-44-31)26-13-14-27-17-28-18-30(22-46-39(28)58-35(27)20-26)32-23-45-38(47-32)34-12-10-16-51(34)41(53)37(25(4)8-2)49-43(55)57-6/h13-14,18,20-25,33-34,36-37H,7-12,15-17,19H2,1-6H3,(H,45,47)(H,48,54)(H,49,55)/t24-,25-,33-,34-,36-,37-/m0/s1. The van der Waals surface area contributed by atoms with Gasteiger partial charge >= 0.3 is 12.2 Å². The molecule has 4 amide bonds. The highest BCUT2D eigenvalue weighted by Gasteiger charge is 2.40. The van der Waals surface area contributed by atoms with Crippen molar-refractivity contribution in [1.82, 2.24) is 35.4 Å². The molecule has 3 aromatic rings. The molecule has 15 heteroatoms. The van der Waals surface area contributed by atoms with Crippen LogP contribution in [0, 0.1) is 11.8 Å². The number of aromatic amines is 1. The molecule has 7 rings (SSSR count). The van der Waals surface area contributed by atoms with Crippen LogP contribution in [-0.2, 0) is 25.5 Å². The number of hydrogen-bond acceptors (Lipinski definition) is 10. The number of nitrogens with one attached hydrogen (secondary N) is 3. The van der Waals surface area contributed by atoms with Crippen LogP contribution in [0.3, 0.4) is 0 Å². The normalized spacial score (nSPS) is 20.4. The molecule has 308 valence electrons. The van der Waals surface area contributed by atoms with Gasteiger partial charge in [0.25, 0.3) is 0 Å². The molecule has 2 fully saturated rings. The lowest BCUT2D eigenvalue weighted by molar-refractivity contribution is -0.136. The first-order valence-corrected chi connectivity index (χ1v) is 20.4. The predicted octanol–water partition coefficient (Wildman–Crippen LogP) is 6.55. The van der Waals surface area contributed by atoms with E-state index in [1.54, 1.807) is 12.4 Å². The van der Waals surface area contributed by atoms with E-state index in [1.165, 1.54) is 14.2 Å². The van der Waals surface area contributed by atoms with Gasteiger partial charge in [-0.3, -0.25) is 14.6 Å². The van der Waals surface area contributed by atoms with E-state index in [1.807, 2.05) is 49.8 Å². The number of nitrogens with zero attached hydrogens (tertiary/aromatic N) is 5. The second kappa shape index (κ2) is 17.4. The number of rotatable bonds is 12. The molecule has 15 nitrogen and oxygen atoms in total. The third-order valence-electron chi connectivity index (χ3n) is 12.3. The van der Waals surface area contributed by atoms with Gasteiger partial charge in [-0.05, 0) is 66.4 Å². The fourth-order valence-electron chi connectivity index (χ4n) is 8.44. The molecule has 0 spiro atoms. The molecule has 4 aliphatic rings. The lowest BCUT2D eigenvalue weighted by atomic mass is 9.94. The first kappa shape index (κ1) is 40.5. The number of pyridine rings is 1. The highest BCUT2D eigenvalue weighted by Crippen LogP contribution is 2.40. The van der Waals surface area contributed by atoms with E-state index in [0.717, 1.165) is 83.5 Å². The Labute approximate surface area is 339 Å². The molecule has 0 saturated carbocycles. The van der Waals surface area contributed by atoms with Gasteiger partial charge < -0.3 is 39.6 Å². The maximum absolute atomic E-state index is 13.8. The van der Waals surface area contributed by atoms with Crippen LogP contribution in [0.15, 0.2) is 47.9 Å². The maximum Gasteiger partial charge on any atom is 0.407 e. The predicted molar refractivity (Wildman–Crippen MR) is 217 cm³/mol. The summed E-state index contributed by atoms with van der Waals surface area (Å²) in [5.74, 6) is 1.63. The van der Waals surface area contributed by atoms with Gasteiger partial charge in [0, 0.05) is 55.2 Å². The lowest BCUT2D eigenvalue weighted by Crippen LogP contribution is -2.54. The molecule has 3 N–H and O–H groups in total. The number of carbonyl (C=O) groups is 4. The van der Waals surface area contributed by atoms with Crippen molar-refractivity contribution in [2.45, 2.75) is 103 Å². The van der Waals surface area contributed by atoms with E-state index in [-0.39, 0.29) is 35.7 Å².